The van der Waals surface area contributed by atoms with Crippen LogP contribution in [-0.2, 0) is 12.7 Å². The van der Waals surface area contributed by atoms with Crippen molar-refractivity contribution in [1.29, 1.82) is 0 Å². The molecule has 80 valence electrons. The highest BCUT2D eigenvalue weighted by Crippen LogP contribution is 2.38. The van der Waals surface area contributed by atoms with Crippen molar-refractivity contribution in [3.63, 3.8) is 0 Å². The van der Waals surface area contributed by atoms with Crippen molar-refractivity contribution >= 4 is 21.4 Å². The smallest absolute Gasteiger partial charge is 0.326 e. The van der Waals surface area contributed by atoms with Crippen LogP contribution in [0, 0.1) is 0 Å². The lowest BCUT2D eigenvalue weighted by atomic mass is 10.1. The van der Waals surface area contributed by atoms with Gasteiger partial charge in [-0.05, 0) is 23.1 Å². The quantitative estimate of drug-likeness (QED) is 0.800. The van der Waals surface area contributed by atoms with E-state index in [0.29, 0.717) is 10.3 Å². The number of fused-ring (bicyclic) bond motifs is 1. The van der Waals surface area contributed by atoms with E-state index in [1.807, 2.05) is 0 Å². The molecule has 0 unspecified atom stereocenters. The zero-order valence-corrected chi connectivity index (χ0v) is 8.45. The molecule has 15 heavy (non-hydrogen) atoms. The largest absolute Gasteiger partial charge is 0.417 e. The van der Waals surface area contributed by atoms with Gasteiger partial charge in [0.05, 0.1) is 5.56 Å². The minimum absolute atomic E-state index is 0.132. The van der Waals surface area contributed by atoms with E-state index in [2.05, 4.69) is 0 Å². The number of rotatable bonds is 1. The fourth-order valence-corrected chi connectivity index (χ4v) is 2.54. The summed E-state index contributed by atoms with van der Waals surface area (Å²) < 4.78 is 38.7. The molecule has 0 bridgehead atoms. The van der Waals surface area contributed by atoms with Gasteiger partial charge in [-0.15, -0.1) is 11.3 Å². The van der Waals surface area contributed by atoms with Crippen molar-refractivity contribution in [3.05, 3.63) is 34.7 Å². The minimum atomic E-state index is -4.31. The Hall–Kier alpha value is -1.07. The van der Waals surface area contributed by atoms with Gasteiger partial charge in [0, 0.05) is 16.6 Å². The van der Waals surface area contributed by atoms with Crippen molar-refractivity contribution in [2.24, 2.45) is 5.73 Å². The normalized spacial score (nSPS) is 12.3. The summed E-state index contributed by atoms with van der Waals surface area (Å²) in [5.74, 6) is 0. The first-order chi connectivity index (χ1) is 7.04. The second kappa shape index (κ2) is 3.50. The number of benzene rings is 1. The first-order valence-electron chi connectivity index (χ1n) is 4.30. The molecule has 0 amide bonds. The average molecular weight is 231 g/mol. The maximum Gasteiger partial charge on any atom is 0.417 e. The van der Waals surface area contributed by atoms with Crippen LogP contribution in [-0.4, -0.2) is 0 Å². The number of nitrogens with two attached hydrogens (primary N) is 1. The van der Waals surface area contributed by atoms with E-state index in [1.165, 1.54) is 17.4 Å². The number of hydrogen-bond donors (Lipinski definition) is 1. The number of thiophene rings is 1. The Labute approximate surface area is 88.3 Å². The molecule has 2 aromatic rings. The summed E-state index contributed by atoms with van der Waals surface area (Å²) in [7, 11) is 0. The SMILES string of the molecule is NCc1csc2cccc(C(F)(F)F)c12. The van der Waals surface area contributed by atoms with E-state index in [0.717, 1.165) is 6.07 Å². The molecular formula is C10H8F3NS. The lowest BCUT2D eigenvalue weighted by Crippen LogP contribution is -2.06. The Morgan fingerprint density at radius 2 is 2.00 bits per heavy atom. The van der Waals surface area contributed by atoms with E-state index < -0.39 is 11.7 Å². The van der Waals surface area contributed by atoms with Gasteiger partial charge in [0.1, 0.15) is 0 Å². The molecule has 0 radical (unpaired) electrons. The molecule has 1 nitrogen and oxygen atoms in total. The summed E-state index contributed by atoms with van der Waals surface area (Å²) in [6.07, 6.45) is -4.31. The van der Waals surface area contributed by atoms with E-state index in [1.54, 1.807) is 11.4 Å². The lowest BCUT2D eigenvalue weighted by molar-refractivity contribution is -0.136. The molecule has 0 saturated carbocycles. The maximum atomic E-state index is 12.7. The molecule has 0 saturated heterocycles. The summed E-state index contributed by atoms with van der Waals surface area (Å²) in [4.78, 5) is 0. The van der Waals surface area contributed by atoms with Gasteiger partial charge in [-0.3, -0.25) is 0 Å². The van der Waals surface area contributed by atoms with Crippen LogP contribution in [0.5, 0.6) is 0 Å². The van der Waals surface area contributed by atoms with Crippen LogP contribution in [0.2, 0.25) is 0 Å². The van der Waals surface area contributed by atoms with Crippen molar-refractivity contribution < 1.29 is 13.2 Å². The van der Waals surface area contributed by atoms with Crippen LogP contribution in [0.3, 0.4) is 0 Å². The predicted octanol–water partition coefficient (Wildman–Crippen LogP) is 3.38. The van der Waals surface area contributed by atoms with Gasteiger partial charge in [-0.25, -0.2) is 0 Å². The molecule has 0 aliphatic heterocycles. The number of halogens is 3. The highest BCUT2D eigenvalue weighted by molar-refractivity contribution is 7.17. The molecule has 2 N–H and O–H groups in total. The Morgan fingerprint density at radius 1 is 1.27 bits per heavy atom. The van der Waals surface area contributed by atoms with E-state index in [9.17, 15) is 13.2 Å². The summed E-state index contributed by atoms with van der Waals surface area (Å²) in [6.45, 7) is 0.132. The lowest BCUT2D eigenvalue weighted by Gasteiger charge is -2.09. The van der Waals surface area contributed by atoms with E-state index >= 15 is 0 Å². The molecule has 2 rings (SSSR count). The molecule has 0 fully saturated rings. The molecule has 0 spiro atoms. The third-order valence-electron chi connectivity index (χ3n) is 2.20. The molecule has 1 aromatic carbocycles. The Kier molecular flexibility index (Phi) is 2.44. The number of hydrogen-bond acceptors (Lipinski definition) is 2. The first-order valence-corrected chi connectivity index (χ1v) is 5.18. The highest BCUT2D eigenvalue weighted by Gasteiger charge is 2.33. The van der Waals surface area contributed by atoms with Crippen LogP contribution in [0.4, 0.5) is 13.2 Å². The van der Waals surface area contributed by atoms with Gasteiger partial charge < -0.3 is 5.73 Å². The highest BCUT2D eigenvalue weighted by atomic mass is 32.1. The maximum absolute atomic E-state index is 12.7. The van der Waals surface area contributed by atoms with Crippen LogP contribution in [0.15, 0.2) is 23.6 Å². The van der Waals surface area contributed by atoms with Gasteiger partial charge in [-0.2, -0.15) is 13.2 Å². The zero-order chi connectivity index (χ0) is 11.1. The second-order valence-electron chi connectivity index (χ2n) is 3.14. The van der Waals surface area contributed by atoms with Gasteiger partial charge in [-0.1, -0.05) is 6.07 Å². The van der Waals surface area contributed by atoms with Gasteiger partial charge in [0.15, 0.2) is 0 Å². The summed E-state index contributed by atoms with van der Waals surface area (Å²) in [5, 5.41) is 1.93. The van der Waals surface area contributed by atoms with Gasteiger partial charge >= 0.3 is 6.18 Å². The van der Waals surface area contributed by atoms with Crippen LogP contribution in [0.25, 0.3) is 10.1 Å². The Bertz CT molecular complexity index is 487. The Morgan fingerprint density at radius 3 is 2.60 bits per heavy atom. The van der Waals surface area contributed by atoms with Crippen molar-refractivity contribution in [1.82, 2.24) is 0 Å². The second-order valence-corrected chi connectivity index (χ2v) is 4.05. The molecular weight excluding hydrogens is 223 g/mol. The van der Waals surface area contributed by atoms with Crippen molar-refractivity contribution in [2.75, 3.05) is 0 Å². The first kappa shape index (κ1) is 10.4. The molecule has 0 aliphatic carbocycles. The van der Waals surface area contributed by atoms with Crippen LogP contribution >= 0.6 is 11.3 Å². The third-order valence-corrected chi connectivity index (χ3v) is 3.20. The van der Waals surface area contributed by atoms with E-state index in [-0.39, 0.29) is 11.9 Å². The zero-order valence-electron chi connectivity index (χ0n) is 7.64. The summed E-state index contributed by atoms with van der Waals surface area (Å²) >= 11 is 1.29. The van der Waals surface area contributed by atoms with Gasteiger partial charge in [0.25, 0.3) is 0 Å². The summed E-state index contributed by atoms with van der Waals surface area (Å²) in [6, 6.07) is 4.19. The van der Waals surface area contributed by atoms with Crippen molar-refractivity contribution in [2.45, 2.75) is 12.7 Å². The van der Waals surface area contributed by atoms with Crippen molar-refractivity contribution in [3.8, 4) is 0 Å². The summed E-state index contributed by atoms with van der Waals surface area (Å²) in [5.41, 5.74) is 5.37. The predicted molar refractivity (Wildman–Crippen MR) is 54.7 cm³/mol. The molecule has 5 heteroatoms. The molecule has 1 aromatic heterocycles. The van der Waals surface area contributed by atoms with Crippen LogP contribution in [0.1, 0.15) is 11.1 Å². The average Bonchev–Trinajstić information content (AvgIpc) is 2.58. The molecule has 0 aliphatic rings. The van der Waals surface area contributed by atoms with Crippen LogP contribution < -0.4 is 5.73 Å². The minimum Gasteiger partial charge on any atom is -0.326 e. The topological polar surface area (TPSA) is 26.0 Å². The monoisotopic (exact) mass is 231 g/mol. The van der Waals surface area contributed by atoms with E-state index in [4.69, 9.17) is 5.73 Å². The standard InChI is InChI=1S/C10H8F3NS/c11-10(12,13)7-2-1-3-8-9(7)6(4-14)5-15-8/h1-3,5H,4,14H2. The Balaban J connectivity index is 2.78. The fourth-order valence-electron chi connectivity index (χ4n) is 1.54. The van der Waals surface area contributed by atoms with Gasteiger partial charge in [0.2, 0.25) is 0 Å². The third kappa shape index (κ3) is 1.72. The number of alkyl halides is 3. The molecule has 0 atom stereocenters. The fraction of sp³-hybridized carbons (Fsp3) is 0.200. The molecule has 1 heterocycles.